The van der Waals surface area contributed by atoms with E-state index in [1.54, 1.807) is 4.90 Å². The molecule has 1 unspecified atom stereocenters. The molecule has 1 amide bonds. The fraction of sp³-hybridized carbons (Fsp3) is 0.308. The van der Waals surface area contributed by atoms with Crippen molar-refractivity contribution < 1.29 is 4.79 Å². The molecule has 0 radical (unpaired) electrons. The minimum atomic E-state index is 0.0193. The van der Waals surface area contributed by atoms with Gasteiger partial charge in [-0.25, -0.2) is 0 Å². The van der Waals surface area contributed by atoms with E-state index in [4.69, 9.17) is 18.0 Å². The minimum Gasteiger partial charge on any atom is -0.311 e. The number of terminal acetylenes is 1. The highest BCUT2D eigenvalue weighted by atomic mass is 35.5. The third kappa shape index (κ3) is 1.91. The van der Waals surface area contributed by atoms with E-state index in [0.717, 1.165) is 11.3 Å². The summed E-state index contributed by atoms with van der Waals surface area (Å²) in [6.07, 6.45) is 5.78. The first-order chi connectivity index (χ1) is 7.61. The summed E-state index contributed by atoms with van der Waals surface area (Å²) in [5, 5.41) is 0.637. The number of carbonyl (C=O) groups excluding carboxylic acids is 1. The van der Waals surface area contributed by atoms with Crippen LogP contribution in [0.1, 0.15) is 12.0 Å². The fourth-order valence-corrected chi connectivity index (χ4v) is 2.09. The first-order valence-electron chi connectivity index (χ1n) is 5.14. The average Bonchev–Trinajstić information content (AvgIpc) is 2.63. The number of nitrogens with zero attached hydrogens (tertiary/aromatic N) is 1. The molecule has 0 saturated carbocycles. The van der Waals surface area contributed by atoms with Gasteiger partial charge in [-0.05, 0) is 24.6 Å². The first-order valence-corrected chi connectivity index (χ1v) is 5.52. The van der Waals surface area contributed by atoms with Gasteiger partial charge in [0.15, 0.2) is 0 Å². The van der Waals surface area contributed by atoms with E-state index >= 15 is 0 Å². The number of carbonyl (C=O) groups is 1. The highest BCUT2D eigenvalue weighted by Gasteiger charge is 2.30. The second kappa shape index (κ2) is 4.19. The van der Waals surface area contributed by atoms with Crippen molar-refractivity contribution in [1.29, 1.82) is 0 Å². The van der Waals surface area contributed by atoms with Crippen LogP contribution in [0.2, 0.25) is 5.02 Å². The molecule has 2 rings (SSSR count). The van der Waals surface area contributed by atoms with Gasteiger partial charge in [0.1, 0.15) is 0 Å². The molecule has 1 aliphatic heterocycles. The number of aryl methyl sites for hydroxylation is 1. The van der Waals surface area contributed by atoms with Gasteiger partial charge in [0.05, 0.1) is 0 Å². The van der Waals surface area contributed by atoms with Gasteiger partial charge in [0.2, 0.25) is 5.91 Å². The molecule has 0 aliphatic carbocycles. The lowest BCUT2D eigenvalue weighted by Crippen LogP contribution is -2.25. The summed E-state index contributed by atoms with van der Waals surface area (Å²) in [6.45, 7) is 2.55. The quantitative estimate of drug-likeness (QED) is 0.683. The molecule has 16 heavy (non-hydrogen) atoms. The number of amides is 1. The molecule has 1 heterocycles. The van der Waals surface area contributed by atoms with Gasteiger partial charge in [-0.1, -0.05) is 17.7 Å². The molecule has 0 bridgehead atoms. The topological polar surface area (TPSA) is 20.3 Å². The molecule has 0 spiro atoms. The van der Waals surface area contributed by atoms with Gasteiger partial charge in [-0.2, -0.15) is 0 Å². The third-order valence-electron chi connectivity index (χ3n) is 2.82. The van der Waals surface area contributed by atoms with Crippen LogP contribution in [0.15, 0.2) is 18.2 Å². The van der Waals surface area contributed by atoms with Crippen molar-refractivity contribution in [3.05, 3.63) is 28.8 Å². The zero-order valence-electron chi connectivity index (χ0n) is 9.03. The van der Waals surface area contributed by atoms with Crippen LogP contribution in [0.25, 0.3) is 0 Å². The number of hydrogen-bond donors (Lipinski definition) is 0. The van der Waals surface area contributed by atoms with Crippen LogP contribution in [0.3, 0.4) is 0 Å². The summed E-state index contributed by atoms with van der Waals surface area (Å²) in [5.74, 6) is 2.73. The minimum absolute atomic E-state index is 0.0193. The van der Waals surface area contributed by atoms with Crippen molar-refractivity contribution in [1.82, 2.24) is 0 Å². The maximum Gasteiger partial charge on any atom is 0.228 e. The maximum absolute atomic E-state index is 11.8. The second-order valence-corrected chi connectivity index (χ2v) is 4.44. The van der Waals surface area contributed by atoms with Crippen LogP contribution in [-0.4, -0.2) is 12.5 Å². The molecule has 1 aromatic rings. The van der Waals surface area contributed by atoms with Crippen molar-refractivity contribution in [2.45, 2.75) is 13.3 Å². The Hall–Kier alpha value is -1.46. The van der Waals surface area contributed by atoms with E-state index < -0.39 is 0 Å². The largest absolute Gasteiger partial charge is 0.311 e. The molecule has 0 aromatic heterocycles. The van der Waals surface area contributed by atoms with Crippen molar-refractivity contribution in [3.8, 4) is 12.3 Å². The Kier molecular flexibility index (Phi) is 2.89. The zero-order chi connectivity index (χ0) is 11.7. The Balaban J connectivity index is 2.35. The SMILES string of the molecule is C#CC1CC(=O)N(c2cc(Cl)ccc2C)C1. The Morgan fingerprint density at radius 3 is 2.94 bits per heavy atom. The van der Waals surface area contributed by atoms with Crippen LogP contribution in [0.5, 0.6) is 0 Å². The molecule has 1 aromatic carbocycles. The lowest BCUT2D eigenvalue weighted by atomic mass is 10.1. The molecule has 1 saturated heterocycles. The number of anilines is 1. The Bertz CT molecular complexity index is 475. The Morgan fingerprint density at radius 1 is 1.56 bits per heavy atom. The smallest absolute Gasteiger partial charge is 0.228 e. The van der Waals surface area contributed by atoms with Gasteiger partial charge in [-0.15, -0.1) is 12.3 Å². The standard InChI is InChI=1S/C13H12ClNO/c1-3-10-6-13(16)15(8-10)12-7-11(14)5-4-9(12)2/h1,4-5,7,10H,6,8H2,2H3. The molecular weight excluding hydrogens is 222 g/mol. The number of hydrogen-bond acceptors (Lipinski definition) is 1. The van der Waals surface area contributed by atoms with E-state index in [9.17, 15) is 4.79 Å². The van der Waals surface area contributed by atoms with Gasteiger partial charge >= 0.3 is 0 Å². The predicted octanol–water partition coefficient (Wildman–Crippen LogP) is 2.63. The first kappa shape index (κ1) is 11.0. The molecule has 1 aliphatic rings. The van der Waals surface area contributed by atoms with Crippen LogP contribution in [0, 0.1) is 25.2 Å². The van der Waals surface area contributed by atoms with Crippen LogP contribution in [-0.2, 0) is 4.79 Å². The zero-order valence-corrected chi connectivity index (χ0v) is 9.79. The fourth-order valence-electron chi connectivity index (χ4n) is 1.93. The molecule has 82 valence electrons. The summed E-state index contributed by atoms with van der Waals surface area (Å²) < 4.78 is 0. The normalized spacial score (nSPS) is 19.9. The van der Waals surface area contributed by atoms with E-state index in [1.807, 2.05) is 25.1 Å². The molecule has 2 nitrogen and oxygen atoms in total. The van der Waals surface area contributed by atoms with Crippen LogP contribution < -0.4 is 4.90 Å². The summed E-state index contributed by atoms with van der Waals surface area (Å²) in [7, 11) is 0. The third-order valence-corrected chi connectivity index (χ3v) is 3.06. The van der Waals surface area contributed by atoms with Crippen molar-refractivity contribution in [3.63, 3.8) is 0 Å². The highest BCUT2D eigenvalue weighted by Crippen LogP contribution is 2.29. The van der Waals surface area contributed by atoms with Gasteiger partial charge in [0.25, 0.3) is 0 Å². The molecular formula is C13H12ClNO. The Morgan fingerprint density at radius 2 is 2.31 bits per heavy atom. The second-order valence-electron chi connectivity index (χ2n) is 4.00. The van der Waals surface area contributed by atoms with Gasteiger partial charge in [0, 0.05) is 29.6 Å². The number of rotatable bonds is 1. The number of halogens is 1. The van der Waals surface area contributed by atoms with E-state index in [0.29, 0.717) is 18.0 Å². The molecule has 1 atom stereocenters. The number of benzene rings is 1. The van der Waals surface area contributed by atoms with E-state index in [1.165, 1.54) is 0 Å². The van der Waals surface area contributed by atoms with Crippen LogP contribution in [0.4, 0.5) is 5.69 Å². The van der Waals surface area contributed by atoms with E-state index in [2.05, 4.69) is 5.92 Å². The lowest BCUT2D eigenvalue weighted by Gasteiger charge is -2.18. The predicted molar refractivity (Wildman–Crippen MR) is 65.5 cm³/mol. The molecule has 3 heteroatoms. The monoisotopic (exact) mass is 233 g/mol. The van der Waals surface area contributed by atoms with Crippen LogP contribution >= 0.6 is 11.6 Å². The Labute approximate surface area is 100 Å². The lowest BCUT2D eigenvalue weighted by molar-refractivity contribution is -0.117. The summed E-state index contributed by atoms with van der Waals surface area (Å²) >= 11 is 5.93. The molecule has 1 fully saturated rings. The van der Waals surface area contributed by atoms with Crippen molar-refractivity contribution in [2.75, 3.05) is 11.4 Å². The summed E-state index contributed by atoms with van der Waals surface area (Å²) in [6, 6.07) is 5.54. The van der Waals surface area contributed by atoms with Crippen molar-refractivity contribution in [2.24, 2.45) is 5.92 Å². The van der Waals surface area contributed by atoms with Gasteiger partial charge < -0.3 is 4.90 Å². The van der Waals surface area contributed by atoms with Crippen molar-refractivity contribution >= 4 is 23.2 Å². The highest BCUT2D eigenvalue weighted by molar-refractivity contribution is 6.31. The van der Waals surface area contributed by atoms with Gasteiger partial charge in [-0.3, -0.25) is 4.79 Å². The summed E-state index contributed by atoms with van der Waals surface area (Å²) in [4.78, 5) is 13.5. The molecule has 0 N–H and O–H groups in total. The van der Waals surface area contributed by atoms with E-state index in [-0.39, 0.29) is 11.8 Å². The maximum atomic E-state index is 11.8. The summed E-state index contributed by atoms with van der Waals surface area (Å²) in [5.41, 5.74) is 1.91. The average molecular weight is 234 g/mol.